The molecule has 3 N–H and O–H groups in total. The molecule has 41 heavy (non-hydrogen) atoms. The molecule has 1 saturated heterocycles. The first-order valence-electron chi connectivity index (χ1n) is 14.2. The molecule has 6 rings (SSSR count). The van der Waals surface area contributed by atoms with E-state index in [-0.39, 0.29) is 5.91 Å². The Hall–Kier alpha value is -3.78. The van der Waals surface area contributed by atoms with Crippen LogP contribution in [0.25, 0.3) is 21.9 Å². The van der Waals surface area contributed by atoms with Crippen molar-refractivity contribution in [1.82, 2.24) is 14.8 Å². The van der Waals surface area contributed by atoms with Crippen LogP contribution in [0.3, 0.4) is 0 Å². The average molecular weight is 567 g/mol. The van der Waals surface area contributed by atoms with Crippen LogP contribution < -0.4 is 10.6 Å². The summed E-state index contributed by atoms with van der Waals surface area (Å²) in [5.74, 6) is 1.42. The molecule has 1 aromatic heterocycles. The second-order valence-electron chi connectivity index (χ2n) is 11.3. The SMILES string of the molecule is Cc1ccc(NC(=O)c2ccc(CN3CCN(C)CC3)c(Cl)c2)cc1-c1ccc2cc(NC(=N)C3CC3)ncc2c1. The van der Waals surface area contributed by atoms with Gasteiger partial charge >= 0.3 is 0 Å². The van der Waals surface area contributed by atoms with Gasteiger partial charge in [-0.2, -0.15) is 0 Å². The fraction of sp³-hybridized carbons (Fsp3) is 0.303. The Balaban J connectivity index is 1.15. The minimum absolute atomic E-state index is 0.188. The van der Waals surface area contributed by atoms with Gasteiger partial charge in [0.1, 0.15) is 11.7 Å². The van der Waals surface area contributed by atoms with Crippen molar-refractivity contribution in [1.29, 1.82) is 5.41 Å². The Labute approximate surface area is 246 Å². The highest BCUT2D eigenvalue weighted by molar-refractivity contribution is 6.31. The van der Waals surface area contributed by atoms with Gasteiger partial charge in [-0.15, -0.1) is 0 Å². The molecule has 4 aromatic rings. The highest BCUT2D eigenvalue weighted by Crippen LogP contribution is 2.32. The number of halogens is 1. The summed E-state index contributed by atoms with van der Waals surface area (Å²) in [5.41, 5.74) is 5.52. The molecule has 3 aromatic carbocycles. The minimum Gasteiger partial charge on any atom is -0.329 e. The number of anilines is 2. The van der Waals surface area contributed by atoms with E-state index < -0.39 is 0 Å². The first-order valence-corrected chi connectivity index (χ1v) is 14.6. The van der Waals surface area contributed by atoms with Crippen LogP contribution >= 0.6 is 11.6 Å². The summed E-state index contributed by atoms with van der Waals surface area (Å²) in [6.07, 6.45) is 4.01. The Morgan fingerprint density at radius 3 is 2.54 bits per heavy atom. The fourth-order valence-corrected chi connectivity index (χ4v) is 5.51. The molecule has 7 nitrogen and oxygen atoms in total. The number of piperazine rings is 1. The van der Waals surface area contributed by atoms with E-state index in [0.717, 1.165) is 84.3 Å². The molecule has 0 spiro atoms. The molecule has 0 radical (unpaired) electrons. The van der Waals surface area contributed by atoms with E-state index in [0.29, 0.717) is 28.2 Å². The normalized spacial score (nSPS) is 16.1. The number of nitrogens with one attached hydrogen (secondary N) is 3. The third kappa shape index (κ3) is 6.43. The summed E-state index contributed by atoms with van der Waals surface area (Å²) in [4.78, 5) is 22.4. The molecule has 2 aliphatic rings. The van der Waals surface area contributed by atoms with Gasteiger partial charge in [-0.25, -0.2) is 4.98 Å². The predicted molar refractivity (Wildman–Crippen MR) is 168 cm³/mol. The minimum atomic E-state index is -0.188. The molecule has 2 heterocycles. The second-order valence-corrected chi connectivity index (χ2v) is 11.7. The number of carbonyl (C=O) groups excluding carboxylic acids is 1. The Bertz CT molecular complexity index is 1620. The van der Waals surface area contributed by atoms with Crippen molar-refractivity contribution in [3.63, 3.8) is 0 Å². The number of hydrogen-bond acceptors (Lipinski definition) is 5. The maximum Gasteiger partial charge on any atom is 0.255 e. The zero-order valence-electron chi connectivity index (χ0n) is 23.5. The van der Waals surface area contributed by atoms with E-state index in [1.165, 1.54) is 0 Å². The lowest BCUT2D eigenvalue weighted by Gasteiger charge is -2.32. The number of likely N-dealkylation sites (N-methyl/N-ethyl adjacent to an activating group) is 1. The number of pyridine rings is 1. The first kappa shape index (κ1) is 27.4. The highest BCUT2D eigenvalue weighted by Gasteiger charge is 2.26. The Kier molecular flexibility index (Phi) is 7.75. The predicted octanol–water partition coefficient (Wildman–Crippen LogP) is 6.66. The molecule has 1 aliphatic heterocycles. The van der Waals surface area contributed by atoms with Crippen LogP contribution in [-0.2, 0) is 6.54 Å². The van der Waals surface area contributed by atoms with Crippen LogP contribution in [0.1, 0.15) is 34.3 Å². The number of rotatable bonds is 7. The summed E-state index contributed by atoms with van der Waals surface area (Å²) >= 11 is 6.61. The molecule has 0 unspecified atom stereocenters. The van der Waals surface area contributed by atoms with Crippen LogP contribution in [-0.4, -0.2) is 59.8 Å². The molecule has 1 aliphatic carbocycles. The van der Waals surface area contributed by atoms with Gasteiger partial charge in [-0.3, -0.25) is 15.1 Å². The molecule has 210 valence electrons. The molecule has 8 heteroatoms. The molecule has 2 fully saturated rings. The lowest BCUT2D eigenvalue weighted by molar-refractivity contribution is 0.102. The zero-order valence-corrected chi connectivity index (χ0v) is 24.3. The van der Waals surface area contributed by atoms with Crippen LogP contribution in [0.4, 0.5) is 11.5 Å². The van der Waals surface area contributed by atoms with E-state index in [9.17, 15) is 4.79 Å². The molecule has 1 saturated carbocycles. The van der Waals surface area contributed by atoms with Crippen molar-refractivity contribution in [3.05, 3.63) is 88.6 Å². The maximum absolute atomic E-state index is 13.2. The molecule has 0 atom stereocenters. The molecule has 0 bridgehead atoms. The van der Waals surface area contributed by atoms with Crippen LogP contribution in [0, 0.1) is 18.3 Å². The standard InChI is InChI=1S/C33H35ClN6O/c1-21-3-10-28(37-33(41)25-8-9-26(30(34)16-25)20-40-13-11-39(2)12-14-40)18-29(21)24-7-6-23-17-31(36-19-27(23)15-24)38-32(35)22-4-5-22/h3,6-10,15-19,22H,4-5,11-14,20H2,1-2H3,(H,37,41)(H2,35,36,38). The Morgan fingerprint density at radius 1 is 0.976 bits per heavy atom. The van der Waals surface area contributed by atoms with E-state index in [1.807, 2.05) is 42.6 Å². The summed E-state index contributed by atoms with van der Waals surface area (Å²) in [6.45, 7) is 7.00. The second kappa shape index (κ2) is 11.6. The number of benzene rings is 3. The van der Waals surface area contributed by atoms with Gasteiger partial charge in [0.2, 0.25) is 0 Å². The zero-order chi connectivity index (χ0) is 28.5. The average Bonchev–Trinajstić information content (AvgIpc) is 3.82. The summed E-state index contributed by atoms with van der Waals surface area (Å²) in [6, 6.07) is 19.8. The van der Waals surface area contributed by atoms with E-state index in [2.05, 4.69) is 57.6 Å². The number of aromatic nitrogens is 1. The third-order valence-corrected chi connectivity index (χ3v) is 8.43. The summed E-state index contributed by atoms with van der Waals surface area (Å²) in [5, 5.41) is 17.0. The lowest BCUT2D eigenvalue weighted by atomic mass is 9.97. The lowest BCUT2D eigenvalue weighted by Crippen LogP contribution is -2.43. The van der Waals surface area contributed by atoms with Gasteiger partial charge in [0.15, 0.2) is 0 Å². The third-order valence-electron chi connectivity index (χ3n) is 8.08. The number of amidine groups is 1. The van der Waals surface area contributed by atoms with Crippen LogP contribution in [0.2, 0.25) is 5.02 Å². The Morgan fingerprint density at radius 2 is 1.78 bits per heavy atom. The van der Waals surface area contributed by atoms with Gasteiger partial charge in [0.25, 0.3) is 5.91 Å². The molecule has 1 amide bonds. The fourth-order valence-electron chi connectivity index (χ4n) is 5.27. The number of amides is 1. The van der Waals surface area contributed by atoms with Crippen molar-refractivity contribution in [2.45, 2.75) is 26.3 Å². The smallest absolute Gasteiger partial charge is 0.255 e. The highest BCUT2D eigenvalue weighted by atomic mass is 35.5. The largest absolute Gasteiger partial charge is 0.329 e. The maximum atomic E-state index is 13.2. The van der Waals surface area contributed by atoms with Crippen molar-refractivity contribution in [2.75, 3.05) is 43.9 Å². The van der Waals surface area contributed by atoms with Crippen molar-refractivity contribution >= 4 is 45.6 Å². The van der Waals surface area contributed by atoms with Gasteiger partial charge in [-0.05, 0) is 90.9 Å². The number of carbonyl (C=O) groups is 1. The number of aryl methyl sites for hydroxylation is 1. The molecular weight excluding hydrogens is 532 g/mol. The van der Waals surface area contributed by atoms with Crippen LogP contribution in [0.5, 0.6) is 0 Å². The van der Waals surface area contributed by atoms with Crippen molar-refractivity contribution in [3.8, 4) is 11.1 Å². The topological polar surface area (TPSA) is 84.4 Å². The monoisotopic (exact) mass is 566 g/mol. The van der Waals surface area contributed by atoms with Crippen molar-refractivity contribution < 1.29 is 4.79 Å². The van der Waals surface area contributed by atoms with E-state index in [4.69, 9.17) is 17.0 Å². The number of fused-ring (bicyclic) bond motifs is 1. The number of hydrogen-bond donors (Lipinski definition) is 3. The van der Waals surface area contributed by atoms with Crippen LogP contribution in [0.15, 0.2) is 66.9 Å². The van der Waals surface area contributed by atoms with Gasteiger partial charge < -0.3 is 15.5 Å². The van der Waals surface area contributed by atoms with E-state index >= 15 is 0 Å². The quantitative estimate of drug-likeness (QED) is 0.172. The van der Waals surface area contributed by atoms with Gasteiger partial charge in [0, 0.05) is 66.5 Å². The molecular formula is C33H35ClN6O. The first-order chi connectivity index (χ1) is 19.8. The number of nitrogens with zero attached hydrogens (tertiary/aromatic N) is 3. The summed E-state index contributed by atoms with van der Waals surface area (Å²) < 4.78 is 0. The van der Waals surface area contributed by atoms with Gasteiger partial charge in [-0.1, -0.05) is 35.9 Å². The van der Waals surface area contributed by atoms with E-state index in [1.54, 1.807) is 6.07 Å². The van der Waals surface area contributed by atoms with Gasteiger partial charge in [0.05, 0.1) is 0 Å². The summed E-state index contributed by atoms with van der Waals surface area (Å²) in [7, 11) is 2.14. The van der Waals surface area contributed by atoms with Crippen molar-refractivity contribution in [2.24, 2.45) is 5.92 Å².